The highest BCUT2D eigenvalue weighted by molar-refractivity contribution is 6.31. The van der Waals surface area contributed by atoms with Gasteiger partial charge in [-0.3, -0.25) is 4.79 Å². The van der Waals surface area contributed by atoms with Gasteiger partial charge in [-0.05, 0) is 67.3 Å². The molecule has 0 fully saturated rings. The molecule has 6 nitrogen and oxygen atoms in total. The smallest absolute Gasteiger partial charge is 0.340 e. The van der Waals surface area contributed by atoms with E-state index in [1.807, 2.05) is 50.4 Å². The summed E-state index contributed by atoms with van der Waals surface area (Å²) >= 11 is 6.10. The van der Waals surface area contributed by atoms with E-state index in [1.165, 1.54) is 0 Å². The van der Waals surface area contributed by atoms with Crippen LogP contribution in [0.3, 0.4) is 0 Å². The molecule has 1 amide bonds. The lowest BCUT2D eigenvalue weighted by Gasteiger charge is -2.10. The number of hydrogen-bond acceptors (Lipinski definition) is 4. The van der Waals surface area contributed by atoms with Gasteiger partial charge in [-0.2, -0.15) is 0 Å². The Hall–Kier alpha value is -3.51. The zero-order valence-corrected chi connectivity index (χ0v) is 19.3. The van der Waals surface area contributed by atoms with Crippen LogP contribution >= 0.6 is 11.6 Å². The van der Waals surface area contributed by atoms with Gasteiger partial charge in [0.2, 0.25) is 5.91 Å². The minimum absolute atomic E-state index is 0.0439. The number of aryl methyl sites for hydroxylation is 1. The largest absolute Gasteiger partial charge is 0.489 e. The number of carbonyl (C=O) groups is 1. The van der Waals surface area contributed by atoms with E-state index in [4.69, 9.17) is 20.8 Å². The first-order chi connectivity index (χ1) is 15.8. The predicted octanol–water partition coefficient (Wildman–Crippen LogP) is 5.09. The maximum absolute atomic E-state index is 12.6. The average molecular weight is 465 g/mol. The van der Waals surface area contributed by atoms with E-state index in [1.54, 1.807) is 6.07 Å². The number of benzene rings is 2. The van der Waals surface area contributed by atoms with Gasteiger partial charge in [0.1, 0.15) is 17.9 Å². The number of amides is 1. The van der Waals surface area contributed by atoms with Crippen LogP contribution in [0.1, 0.15) is 23.6 Å². The molecule has 0 radical (unpaired) electrons. The molecular formula is C26H25ClN2O4. The molecular weight excluding hydrogens is 440 g/mol. The standard InChI is InChI=1S/C26H25ClN2O4/c1-15(2)14-32-19-5-6-20-16(3)21(26(31)33-24(20)11-19)12-25(30)28-9-8-17-13-29-23-7-4-18(27)10-22(17)23/h4-7,10-11,13,29H,1,8-9,12,14H2,2-3H3,(H,28,30). The van der Waals surface area contributed by atoms with E-state index in [9.17, 15) is 9.59 Å². The van der Waals surface area contributed by atoms with Gasteiger partial charge in [0.25, 0.3) is 0 Å². The van der Waals surface area contributed by atoms with Crippen LogP contribution in [0.5, 0.6) is 5.75 Å². The molecule has 2 aromatic heterocycles. The molecule has 0 atom stereocenters. The Morgan fingerprint density at radius 3 is 2.82 bits per heavy atom. The van der Waals surface area contributed by atoms with Gasteiger partial charge >= 0.3 is 5.63 Å². The summed E-state index contributed by atoms with van der Waals surface area (Å²) < 4.78 is 11.1. The molecule has 0 unspecified atom stereocenters. The maximum Gasteiger partial charge on any atom is 0.340 e. The molecule has 0 spiro atoms. The second kappa shape index (κ2) is 9.55. The minimum Gasteiger partial charge on any atom is -0.489 e. The number of carbonyl (C=O) groups excluding carboxylic acids is 1. The lowest BCUT2D eigenvalue weighted by molar-refractivity contribution is -0.120. The summed E-state index contributed by atoms with van der Waals surface area (Å²) in [4.78, 5) is 28.3. The van der Waals surface area contributed by atoms with Gasteiger partial charge < -0.3 is 19.5 Å². The van der Waals surface area contributed by atoms with Crippen molar-refractivity contribution in [2.75, 3.05) is 13.2 Å². The van der Waals surface area contributed by atoms with E-state index in [0.717, 1.165) is 33.0 Å². The molecule has 0 saturated carbocycles. The number of hydrogen-bond donors (Lipinski definition) is 2. The molecule has 4 rings (SSSR count). The summed E-state index contributed by atoms with van der Waals surface area (Å²) in [5.74, 6) is 0.362. The van der Waals surface area contributed by atoms with Crippen molar-refractivity contribution in [1.82, 2.24) is 10.3 Å². The van der Waals surface area contributed by atoms with Crippen LogP contribution < -0.4 is 15.7 Å². The van der Waals surface area contributed by atoms with Gasteiger partial charge in [-0.25, -0.2) is 4.79 Å². The van der Waals surface area contributed by atoms with Crippen molar-refractivity contribution >= 4 is 39.4 Å². The highest BCUT2D eigenvalue weighted by Gasteiger charge is 2.16. The van der Waals surface area contributed by atoms with Gasteiger partial charge in [0, 0.05) is 40.1 Å². The van der Waals surface area contributed by atoms with Gasteiger partial charge in [0.05, 0.1) is 12.0 Å². The molecule has 0 aliphatic carbocycles. The monoisotopic (exact) mass is 464 g/mol. The zero-order valence-electron chi connectivity index (χ0n) is 18.6. The van der Waals surface area contributed by atoms with Gasteiger partial charge in [0.15, 0.2) is 0 Å². The number of halogens is 1. The van der Waals surface area contributed by atoms with E-state index in [0.29, 0.717) is 41.5 Å². The van der Waals surface area contributed by atoms with Crippen LogP contribution in [0, 0.1) is 6.92 Å². The molecule has 0 aliphatic rings. The van der Waals surface area contributed by atoms with Crippen LogP contribution in [0.15, 0.2) is 64.0 Å². The fraction of sp³-hybridized carbons (Fsp3) is 0.231. The topological polar surface area (TPSA) is 84.3 Å². The summed E-state index contributed by atoms with van der Waals surface area (Å²) in [5.41, 5.74) is 3.96. The number of aromatic nitrogens is 1. The van der Waals surface area contributed by atoms with Gasteiger partial charge in [-0.1, -0.05) is 18.2 Å². The van der Waals surface area contributed by atoms with Crippen LogP contribution in [0.2, 0.25) is 5.02 Å². The summed E-state index contributed by atoms with van der Waals surface area (Å²) in [6.45, 7) is 8.34. The summed E-state index contributed by atoms with van der Waals surface area (Å²) in [5, 5.41) is 5.37. The summed E-state index contributed by atoms with van der Waals surface area (Å²) in [6, 6.07) is 11.0. The SMILES string of the molecule is C=C(C)COc1ccc2c(C)c(CC(=O)NCCc3c[nH]c4ccc(Cl)cc34)c(=O)oc2c1. The van der Waals surface area contributed by atoms with Crippen molar-refractivity contribution in [1.29, 1.82) is 0 Å². The quantitative estimate of drug-likeness (QED) is 0.281. The normalized spacial score (nSPS) is 11.1. The Kier molecular flexibility index (Phi) is 6.56. The third kappa shape index (κ3) is 5.12. The molecule has 4 aromatic rings. The van der Waals surface area contributed by atoms with Crippen molar-refractivity contribution < 1.29 is 13.9 Å². The van der Waals surface area contributed by atoms with Crippen LogP contribution in [-0.4, -0.2) is 24.0 Å². The number of H-pyrrole nitrogens is 1. The predicted molar refractivity (Wildman–Crippen MR) is 131 cm³/mol. The number of aromatic amines is 1. The Bertz CT molecular complexity index is 1420. The molecule has 7 heteroatoms. The van der Waals surface area contributed by atoms with Crippen molar-refractivity contribution in [2.45, 2.75) is 26.7 Å². The molecule has 2 heterocycles. The number of nitrogens with one attached hydrogen (secondary N) is 2. The number of ether oxygens (including phenoxy) is 1. The van der Waals surface area contributed by atoms with E-state index >= 15 is 0 Å². The van der Waals surface area contributed by atoms with Crippen LogP contribution in [0.25, 0.3) is 21.9 Å². The Labute approximate surface area is 196 Å². The second-order valence-corrected chi connectivity index (χ2v) is 8.61. The highest BCUT2D eigenvalue weighted by Crippen LogP contribution is 2.25. The molecule has 33 heavy (non-hydrogen) atoms. The lowest BCUT2D eigenvalue weighted by atomic mass is 10.0. The first kappa shape index (κ1) is 22.7. The zero-order chi connectivity index (χ0) is 23.5. The van der Waals surface area contributed by atoms with Crippen LogP contribution in [-0.2, 0) is 17.6 Å². The van der Waals surface area contributed by atoms with Crippen molar-refractivity contribution in [3.63, 3.8) is 0 Å². The summed E-state index contributed by atoms with van der Waals surface area (Å²) in [7, 11) is 0. The minimum atomic E-state index is -0.515. The highest BCUT2D eigenvalue weighted by atomic mass is 35.5. The van der Waals surface area contributed by atoms with Crippen molar-refractivity contribution in [2.24, 2.45) is 0 Å². The van der Waals surface area contributed by atoms with E-state index < -0.39 is 5.63 Å². The molecule has 2 N–H and O–H groups in total. The molecule has 170 valence electrons. The van der Waals surface area contributed by atoms with Gasteiger partial charge in [-0.15, -0.1) is 0 Å². The molecule has 0 bridgehead atoms. The van der Waals surface area contributed by atoms with Crippen LogP contribution in [0.4, 0.5) is 0 Å². The van der Waals surface area contributed by atoms with E-state index in [2.05, 4.69) is 16.9 Å². The fourth-order valence-electron chi connectivity index (χ4n) is 3.79. The Morgan fingerprint density at radius 2 is 2.03 bits per heavy atom. The molecule has 2 aromatic carbocycles. The lowest BCUT2D eigenvalue weighted by Crippen LogP contribution is -2.29. The third-order valence-electron chi connectivity index (χ3n) is 5.53. The maximum atomic E-state index is 12.6. The third-order valence-corrected chi connectivity index (χ3v) is 5.76. The van der Waals surface area contributed by atoms with Crippen molar-refractivity contribution in [3.8, 4) is 5.75 Å². The molecule has 0 saturated heterocycles. The summed E-state index contributed by atoms with van der Waals surface area (Å²) in [6.07, 6.45) is 2.52. The first-order valence-corrected chi connectivity index (χ1v) is 11.1. The fourth-order valence-corrected chi connectivity index (χ4v) is 3.96. The van der Waals surface area contributed by atoms with E-state index in [-0.39, 0.29) is 12.3 Å². The van der Waals surface area contributed by atoms with Crippen molar-refractivity contribution in [3.05, 3.63) is 86.9 Å². The second-order valence-electron chi connectivity index (χ2n) is 8.18. The number of fused-ring (bicyclic) bond motifs is 2. The number of rotatable bonds is 8. The Morgan fingerprint density at radius 1 is 1.21 bits per heavy atom. The first-order valence-electron chi connectivity index (χ1n) is 10.7. The Balaban J connectivity index is 1.43. The average Bonchev–Trinajstić information content (AvgIpc) is 3.17. The molecule has 0 aliphatic heterocycles.